The zero-order chi connectivity index (χ0) is 28.6. The average molecular weight is 591 g/mol. The van der Waals surface area contributed by atoms with Gasteiger partial charge in [-0.05, 0) is 61.7 Å². The third kappa shape index (κ3) is 7.75. The number of amides is 2. The molecule has 0 spiro atoms. The fourth-order valence-corrected chi connectivity index (χ4v) is 5.96. The second-order valence-corrected chi connectivity index (χ2v) is 11.8. The highest BCUT2D eigenvalue weighted by molar-refractivity contribution is 7.92. The van der Waals surface area contributed by atoms with Crippen LogP contribution in [-0.2, 0) is 26.2 Å². The van der Waals surface area contributed by atoms with Gasteiger partial charge in [-0.25, -0.2) is 8.42 Å². The van der Waals surface area contributed by atoms with Crippen molar-refractivity contribution < 1.29 is 18.0 Å². The van der Waals surface area contributed by atoms with E-state index in [4.69, 9.17) is 23.2 Å². The zero-order valence-corrected chi connectivity index (χ0v) is 24.6. The number of rotatable bonds is 12. The van der Waals surface area contributed by atoms with Crippen molar-refractivity contribution in [3.8, 4) is 0 Å². The maximum absolute atomic E-state index is 14.0. The predicted molar refractivity (Wildman–Crippen MR) is 157 cm³/mol. The minimum absolute atomic E-state index is 0.0000955. The molecule has 1 unspecified atom stereocenters. The number of carbonyl (C=O) groups is 2. The lowest BCUT2D eigenvalue weighted by molar-refractivity contribution is -0.140. The van der Waals surface area contributed by atoms with Crippen LogP contribution in [0.4, 0.5) is 5.69 Å². The van der Waals surface area contributed by atoms with Crippen LogP contribution in [0.1, 0.15) is 37.8 Å². The Bertz CT molecular complexity index is 1380. The molecule has 0 radical (unpaired) electrons. The Morgan fingerprint density at radius 1 is 0.949 bits per heavy atom. The van der Waals surface area contributed by atoms with Gasteiger partial charge in [0.2, 0.25) is 11.8 Å². The van der Waals surface area contributed by atoms with Crippen LogP contribution in [0.25, 0.3) is 0 Å². The molecule has 0 saturated carbocycles. The molecule has 0 bridgehead atoms. The van der Waals surface area contributed by atoms with E-state index in [-0.39, 0.29) is 17.3 Å². The SMILES string of the molecule is CCCNC(=O)C(CC)N(Cc1ccc(Cl)cc1Cl)C(=O)CN(c1ccccc1)S(=O)(=O)c1ccc(C)cc1. The molecule has 3 aromatic carbocycles. The van der Waals surface area contributed by atoms with Gasteiger partial charge in [-0.3, -0.25) is 13.9 Å². The molecule has 2 amide bonds. The highest BCUT2D eigenvalue weighted by atomic mass is 35.5. The first kappa shape index (κ1) is 30.5. The minimum atomic E-state index is -4.11. The summed E-state index contributed by atoms with van der Waals surface area (Å²) >= 11 is 12.5. The minimum Gasteiger partial charge on any atom is -0.354 e. The third-order valence-electron chi connectivity index (χ3n) is 6.22. The molecule has 0 fully saturated rings. The number of hydrogen-bond donors (Lipinski definition) is 1. The Labute approximate surface area is 240 Å². The number of benzene rings is 3. The normalized spacial score (nSPS) is 12.0. The summed E-state index contributed by atoms with van der Waals surface area (Å²) in [6.07, 6.45) is 1.05. The third-order valence-corrected chi connectivity index (χ3v) is 8.60. The lowest BCUT2D eigenvalue weighted by Gasteiger charge is -2.33. The molecule has 10 heteroatoms. The Hall–Kier alpha value is -3.07. The van der Waals surface area contributed by atoms with Gasteiger partial charge in [0.15, 0.2) is 0 Å². The molecule has 1 atom stereocenters. The molecule has 3 aromatic rings. The van der Waals surface area contributed by atoms with Crippen molar-refractivity contribution >= 4 is 50.7 Å². The number of nitrogens with one attached hydrogen (secondary N) is 1. The van der Waals surface area contributed by atoms with Gasteiger partial charge in [-0.15, -0.1) is 0 Å². The second-order valence-electron chi connectivity index (χ2n) is 9.13. The van der Waals surface area contributed by atoms with Crippen LogP contribution in [-0.4, -0.2) is 44.3 Å². The molecular weight excluding hydrogens is 557 g/mol. The first-order valence-electron chi connectivity index (χ1n) is 12.7. The second kappa shape index (κ2) is 13.8. The van der Waals surface area contributed by atoms with E-state index in [0.29, 0.717) is 34.3 Å². The fraction of sp³-hybridized carbons (Fsp3) is 0.310. The molecule has 39 heavy (non-hydrogen) atoms. The molecule has 0 aliphatic carbocycles. The maximum atomic E-state index is 14.0. The first-order valence-corrected chi connectivity index (χ1v) is 14.9. The molecule has 0 heterocycles. The number of anilines is 1. The van der Waals surface area contributed by atoms with Crippen LogP contribution in [0.2, 0.25) is 10.0 Å². The van der Waals surface area contributed by atoms with Crippen LogP contribution in [0.3, 0.4) is 0 Å². The van der Waals surface area contributed by atoms with Crippen molar-refractivity contribution in [3.05, 3.63) is 94.0 Å². The summed E-state index contributed by atoms with van der Waals surface area (Å²) in [5, 5.41) is 3.64. The van der Waals surface area contributed by atoms with Crippen LogP contribution < -0.4 is 9.62 Å². The van der Waals surface area contributed by atoms with Gasteiger partial charge < -0.3 is 10.2 Å². The van der Waals surface area contributed by atoms with Crippen LogP contribution in [0.5, 0.6) is 0 Å². The van der Waals surface area contributed by atoms with Gasteiger partial charge in [0.05, 0.1) is 10.6 Å². The van der Waals surface area contributed by atoms with E-state index < -0.39 is 28.5 Å². The van der Waals surface area contributed by atoms with Gasteiger partial charge in [0.1, 0.15) is 12.6 Å². The summed E-state index contributed by atoms with van der Waals surface area (Å²) in [6.45, 7) is 5.55. The van der Waals surface area contributed by atoms with Crippen molar-refractivity contribution in [2.75, 3.05) is 17.4 Å². The van der Waals surface area contributed by atoms with Crippen molar-refractivity contribution in [1.29, 1.82) is 0 Å². The number of hydrogen-bond acceptors (Lipinski definition) is 4. The standard InChI is InChI=1S/C29H33Cl2N3O4S/c1-4-17-32-29(36)27(5-2)33(19-22-13-14-23(30)18-26(22)31)28(35)20-34(24-9-7-6-8-10-24)39(37,38)25-15-11-21(3)12-16-25/h6-16,18,27H,4-5,17,19-20H2,1-3H3,(H,32,36). The molecule has 0 aliphatic rings. The van der Waals surface area contributed by atoms with E-state index in [2.05, 4.69) is 5.32 Å². The van der Waals surface area contributed by atoms with E-state index >= 15 is 0 Å². The van der Waals surface area contributed by atoms with Gasteiger partial charge in [0, 0.05) is 23.1 Å². The van der Waals surface area contributed by atoms with Crippen LogP contribution >= 0.6 is 23.2 Å². The van der Waals surface area contributed by atoms with Crippen molar-refractivity contribution in [2.45, 2.75) is 51.1 Å². The van der Waals surface area contributed by atoms with Crippen LogP contribution in [0.15, 0.2) is 77.7 Å². The molecule has 7 nitrogen and oxygen atoms in total. The lowest BCUT2D eigenvalue weighted by Crippen LogP contribution is -2.52. The summed E-state index contributed by atoms with van der Waals surface area (Å²) in [7, 11) is -4.11. The van der Waals surface area contributed by atoms with Gasteiger partial charge >= 0.3 is 0 Å². The molecule has 208 valence electrons. The Balaban J connectivity index is 2.04. The molecule has 0 aromatic heterocycles. The Morgan fingerprint density at radius 2 is 1.62 bits per heavy atom. The smallest absolute Gasteiger partial charge is 0.264 e. The Kier molecular flexibility index (Phi) is 10.8. The predicted octanol–water partition coefficient (Wildman–Crippen LogP) is 5.83. The molecule has 0 aliphatic heterocycles. The monoisotopic (exact) mass is 589 g/mol. The quantitative estimate of drug-likeness (QED) is 0.288. The average Bonchev–Trinajstić information content (AvgIpc) is 2.92. The number of nitrogens with zero attached hydrogens (tertiary/aromatic N) is 2. The Morgan fingerprint density at radius 3 is 2.21 bits per heavy atom. The van der Waals surface area contributed by atoms with E-state index in [1.165, 1.54) is 17.0 Å². The largest absolute Gasteiger partial charge is 0.354 e. The summed E-state index contributed by atoms with van der Waals surface area (Å²) in [4.78, 5) is 28.6. The topological polar surface area (TPSA) is 86.8 Å². The van der Waals surface area contributed by atoms with E-state index in [9.17, 15) is 18.0 Å². The van der Waals surface area contributed by atoms with Crippen molar-refractivity contribution in [3.63, 3.8) is 0 Å². The van der Waals surface area contributed by atoms with Crippen LogP contribution in [0, 0.1) is 6.92 Å². The maximum Gasteiger partial charge on any atom is 0.264 e. The van der Waals surface area contributed by atoms with E-state index in [1.54, 1.807) is 67.6 Å². The molecule has 3 rings (SSSR count). The number of carbonyl (C=O) groups excluding carboxylic acids is 2. The van der Waals surface area contributed by atoms with Crippen molar-refractivity contribution in [2.24, 2.45) is 0 Å². The summed E-state index contributed by atoms with van der Waals surface area (Å²) in [6, 6.07) is 19.0. The summed E-state index contributed by atoms with van der Waals surface area (Å²) < 4.78 is 28.7. The van der Waals surface area contributed by atoms with Crippen molar-refractivity contribution in [1.82, 2.24) is 10.2 Å². The van der Waals surface area contributed by atoms with Gasteiger partial charge in [-0.1, -0.05) is 79.0 Å². The van der Waals surface area contributed by atoms with Gasteiger partial charge in [-0.2, -0.15) is 0 Å². The molecular formula is C29H33Cl2N3O4S. The number of sulfonamides is 1. The zero-order valence-electron chi connectivity index (χ0n) is 22.2. The van der Waals surface area contributed by atoms with Gasteiger partial charge in [0.25, 0.3) is 10.0 Å². The summed E-state index contributed by atoms with van der Waals surface area (Å²) in [5.41, 5.74) is 1.83. The fourth-order valence-electron chi connectivity index (χ4n) is 4.08. The lowest BCUT2D eigenvalue weighted by atomic mass is 10.1. The number of para-hydroxylation sites is 1. The first-order chi connectivity index (χ1) is 18.6. The molecule has 1 N–H and O–H groups in total. The van der Waals surface area contributed by atoms with E-state index in [1.807, 2.05) is 13.8 Å². The highest BCUT2D eigenvalue weighted by Gasteiger charge is 2.33. The number of halogens is 2. The summed E-state index contributed by atoms with van der Waals surface area (Å²) in [5.74, 6) is -0.857. The van der Waals surface area contributed by atoms with E-state index in [0.717, 1.165) is 16.3 Å². The molecule has 0 saturated heterocycles. The highest BCUT2D eigenvalue weighted by Crippen LogP contribution is 2.27. The number of aryl methyl sites for hydroxylation is 1.